The lowest BCUT2D eigenvalue weighted by molar-refractivity contribution is 0.234. The van der Waals surface area contributed by atoms with Gasteiger partial charge in [-0.05, 0) is 38.1 Å². The Morgan fingerprint density at radius 1 is 1.11 bits per heavy atom. The number of para-hydroxylation sites is 1. The standard InChI is InChI=1S/C16H18ClNO/c1-12-7-9-14(10-8-12)19-13(2)11-18-16-6-4-3-5-15(16)17/h3-10,13,18H,11H2,1-2H3. The SMILES string of the molecule is Cc1ccc(OC(C)CNc2ccccc2Cl)cc1. The van der Waals surface area contributed by atoms with Crippen LogP contribution in [0.15, 0.2) is 48.5 Å². The second-order valence-corrected chi connectivity index (χ2v) is 5.01. The van der Waals surface area contributed by atoms with Crippen molar-refractivity contribution < 1.29 is 4.74 Å². The van der Waals surface area contributed by atoms with Gasteiger partial charge in [-0.1, -0.05) is 41.4 Å². The van der Waals surface area contributed by atoms with E-state index in [-0.39, 0.29) is 6.10 Å². The van der Waals surface area contributed by atoms with E-state index in [2.05, 4.69) is 12.2 Å². The minimum absolute atomic E-state index is 0.0685. The highest BCUT2D eigenvalue weighted by molar-refractivity contribution is 6.33. The lowest BCUT2D eigenvalue weighted by Crippen LogP contribution is -2.22. The quantitative estimate of drug-likeness (QED) is 0.866. The van der Waals surface area contributed by atoms with Gasteiger partial charge in [0.2, 0.25) is 0 Å². The maximum atomic E-state index is 6.08. The van der Waals surface area contributed by atoms with E-state index >= 15 is 0 Å². The van der Waals surface area contributed by atoms with E-state index < -0.39 is 0 Å². The van der Waals surface area contributed by atoms with Gasteiger partial charge >= 0.3 is 0 Å². The number of aryl methyl sites for hydroxylation is 1. The van der Waals surface area contributed by atoms with Gasteiger partial charge in [0.1, 0.15) is 11.9 Å². The number of anilines is 1. The normalized spacial score (nSPS) is 11.9. The van der Waals surface area contributed by atoms with E-state index in [0.717, 1.165) is 16.5 Å². The molecule has 0 spiro atoms. The average Bonchev–Trinajstić information content (AvgIpc) is 2.40. The summed E-state index contributed by atoms with van der Waals surface area (Å²) in [5.41, 5.74) is 2.16. The molecule has 2 aromatic rings. The molecule has 2 aromatic carbocycles. The van der Waals surface area contributed by atoms with Crippen molar-refractivity contribution in [3.63, 3.8) is 0 Å². The Kier molecular flexibility index (Phi) is 4.69. The molecule has 0 saturated carbocycles. The molecule has 0 bridgehead atoms. The van der Waals surface area contributed by atoms with Crippen LogP contribution in [-0.4, -0.2) is 12.6 Å². The van der Waals surface area contributed by atoms with Crippen molar-refractivity contribution in [1.82, 2.24) is 0 Å². The molecule has 0 fully saturated rings. The molecule has 100 valence electrons. The van der Waals surface area contributed by atoms with Gasteiger partial charge in [0.25, 0.3) is 0 Å². The predicted octanol–water partition coefficient (Wildman–Crippen LogP) is 4.53. The van der Waals surface area contributed by atoms with Crippen molar-refractivity contribution in [3.05, 3.63) is 59.1 Å². The van der Waals surface area contributed by atoms with Crippen molar-refractivity contribution in [1.29, 1.82) is 0 Å². The highest BCUT2D eigenvalue weighted by Gasteiger charge is 2.05. The molecule has 1 unspecified atom stereocenters. The molecule has 1 N–H and O–H groups in total. The first-order valence-corrected chi connectivity index (χ1v) is 6.74. The lowest BCUT2D eigenvalue weighted by Gasteiger charge is -2.16. The second kappa shape index (κ2) is 6.48. The molecule has 0 amide bonds. The van der Waals surface area contributed by atoms with Crippen LogP contribution in [0.1, 0.15) is 12.5 Å². The lowest BCUT2D eigenvalue weighted by atomic mass is 10.2. The summed E-state index contributed by atoms with van der Waals surface area (Å²) in [5.74, 6) is 0.888. The van der Waals surface area contributed by atoms with Gasteiger partial charge in [0.15, 0.2) is 0 Å². The van der Waals surface area contributed by atoms with Crippen molar-refractivity contribution in [3.8, 4) is 5.75 Å². The van der Waals surface area contributed by atoms with Crippen LogP contribution in [0.5, 0.6) is 5.75 Å². The fourth-order valence-corrected chi connectivity index (χ4v) is 1.95. The van der Waals surface area contributed by atoms with E-state index in [1.165, 1.54) is 5.56 Å². The van der Waals surface area contributed by atoms with E-state index in [1.807, 2.05) is 55.5 Å². The summed E-state index contributed by atoms with van der Waals surface area (Å²) in [4.78, 5) is 0. The number of rotatable bonds is 5. The second-order valence-electron chi connectivity index (χ2n) is 4.60. The smallest absolute Gasteiger partial charge is 0.119 e. The molecule has 0 saturated heterocycles. The van der Waals surface area contributed by atoms with Crippen LogP contribution in [-0.2, 0) is 0 Å². The third-order valence-corrected chi connectivity index (χ3v) is 3.14. The molecule has 19 heavy (non-hydrogen) atoms. The molecule has 2 nitrogen and oxygen atoms in total. The predicted molar refractivity (Wildman–Crippen MR) is 81.2 cm³/mol. The molecule has 3 heteroatoms. The molecule has 1 atom stereocenters. The van der Waals surface area contributed by atoms with Crippen molar-refractivity contribution in [2.45, 2.75) is 20.0 Å². The number of ether oxygens (including phenoxy) is 1. The fourth-order valence-electron chi connectivity index (χ4n) is 1.75. The van der Waals surface area contributed by atoms with Gasteiger partial charge in [-0.3, -0.25) is 0 Å². The van der Waals surface area contributed by atoms with Gasteiger partial charge in [-0.25, -0.2) is 0 Å². The molecular weight excluding hydrogens is 258 g/mol. The summed E-state index contributed by atoms with van der Waals surface area (Å²) in [7, 11) is 0. The number of halogens is 1. The zero-order valence-corrected chi connectivity index (χ0v) is 11.9. The first kappa shape index (κ1) is 13.8. The van der Waals surface area contributed by atoms with Gasteiger partial charge < -0.3 is 10.1 Å². The Morgan fingerprint density at radius 3 is 2.47 bits per heavy atom. The van der Waals surface area contributed by atoms with Gasteiger partial charge in [0.05, 0.1) is 17.3 Å². The number of nitrogens with one attached hydrogen (secondary N) is 1. The van der Waals surface area contributed by atoms with Crippen LogP contribution < -0.4 is 10.1 Å². The zero-order valence-electron chi connectivity index (χ0n) is 11.2. The van der Waals surface area contributed by atoms with E-state index in [9.17, 15) is 0 Å². The Hall–Kier alpha value is -1.67. The van der Waals surface area contributed by atoms with E-state index in [4.69, 9.17) is 16.3 Å². The first-order chi connectivity index (χ1) is 9.15. The van der Waals surface area contributed by atoms with Crippen LogP contribution in [0.25, 0.3) is 0 Å². The summed E-state index contributed by atoms with van der Waals surface area (Å²) in [6.07, 6.45) is 0.0685. The van der Waals surface area contributed by atoms with Crippen molar-refractivity contribution in [2.24, 2.45) is 0 Å². The molecule has 0 heterocycles. The molecule has 0 aliphatic heterocycles. The number of benzene rings is 2. The summed E-state index contributed by atoms with van der Waals surface area (Å²) in [6.45, 7) is 4.80. The van der Waals surface area contributed by atoms with Crippen LogP contribution in [0, 0.1) is 6.92 Å². The molecule has 0 aromatic heterocycles. The third-order valence-electron chi connectivity index (χ3n) is 2.81. The van der Waals surface area contributed by atoms with Crippen molar-refractivity contribution >= 4 is 17.3 Å². The maximum absolute atomic E-state index is 6.08. The fraction of sp³-hybridized carbons (Fsp3) is 0.250. The Balaban J connectivity index is 1.86. The Bertz CT molecular complexity index is 525. The van der Waals surface area contributed by atoms with Crippen LogP contribution in [0.4, 0.5) is 5.69 Å². The zero-order chi connectivity index (χ0) is 13.7. The summed E-state index contributed by atoms with van der Waals surface area (Å²) in [5, 5.41) is 4.01. The largest absolute Gasteiger partial charge is 0.489 e. The summed E-state index contributed by atoms with van der Waals surface area (Å²) in [6, 6.07) is 15.8. The Labute approximate surface area is 119 Å². The third kappa shape index (κ3) is 4.18. The molecular formula is C16H18ClNO. The van der Waals surface area contributed by atoms with Gasteiger partial charge in [-0.15, -0.1) is 0 Å². The first-order valence-electron chi connectivity index (χ1n) is 6.37. The van der Waals surface area contributed by atoms with Crippen LogP contribution in [0.2, 0.25) is 5.02 Å². The molecule has 0 aliphatic rings. The minimum Gasteiger partial charge on any atom is -0.489 e. The summed E-state index contributed by atoms with van der Waals surface area (Å²) < 4.78 is 5.83. The van der Waals surface area contributed by atoms with Crippen molar-refractivity contribution in [2.75, 3.05) is 11.9 Å². The molecule has 0 radical (unpaired) electrons. The number of hydrogen-bond donors (Lipinski definition) is 1. The monoisotopic (exact) mass is 275 g/mol. The highest BCUT2D eigenvalue weighted by Crippen LogP contribution is 2.20. The minimum atomic E-state index is 0.0685. The topological polar surface area (TPSA) is 21.3 Å². The molecule has 0 aliphatic carbocycles. The van der Waals surface area contributed by atoms with Crippen LogP contribution >= 0.6 is 11.6 Å². The van der Waals surface area contributed by atoms with Crippen LogP contribution in [0.3, 0.4) is 0 Å². The van der Waals surface area contributed by atoms with Gasteiger partial charge in [0, 0.05) is 0 Å². The van der Waals surface area contributed by atoms with Gasteiger partial charge in [-0.2, -0.15) is 0 Å². The maximum Gasteiger partial charge on any atom is 0.119 e. The number of hydrogen-bond acceptors (Lipinski definition) is 2. The van der Waals surface area contributed by atoms with E-state index in [1.54, 1.807) is 0 Å². The van der Waals surface area contributed by atoms with E-state index in [0.29, 0.717) is 6.54 Å². The summed E-state index contributed by atoms with van der Waals surface area (Å²) >= 11 is 6.08. The average molecular weight is 276 g/mol. The Morgan fingerprint density at radius 2 is 1.79 bits per heavy atom. The highest BCUT2D eigenvalue weighted by atomic mass is 35.5. The molecule has 2 rings (SSSR count).